The van der Waals surface area contributed by atoms with E-state index < -0.39 is 105 Å². The first-order valence-electron chi connectivity index (χ1n) is 10.8. The van der Waals surface area contributed by atoms with Crippen molar-refractivity contribution in [1.29, 1.82) is 0 Å². The Bertz CT molecular complexity index is 637. The van der Waals surface area contributed by atoms with Crippen LogP contribution in [0.25, 0.3) is 0 Å². The van der Waals surface area contributed by atoms with Crippen molar-refractivity contribution < 1.29 is 74.4 Å². The van der Waals surface area contributed by atoms with E-state index in [9.17, 15) is 46.0 Å². The van der Waals surface area contributed by atoms with E-state index in [-0.39, 0.29) is 0 Å². The van der Waals surface area contributed by atoms with Crippen molar-refractivity contribution >= 4 is 0 Å². The smallest absolute Gasteiger partial charge is 0.187 e. The van der Waals surface area contributed by atoms with Gasteiger partial charge in [-0.2, -0.15) is 0 Å². The van der Waals surface area contributed by atoms with Crippen molar-refractivity contribution in [3.8, 4) is 0 Å². The molecule has 0 bridgehead atoms. The van der Waals surface area contributed by atoms with Crippen molar-refractivity contribution in [2.75, 3.05) is 20.3 Å². The van der Waals surface area contributed by atoms with E-state index in [1.54, 1.807) is 0 Å². The summed E-state index contributed by atoms with van der Waals surface area (Å²) in [6.07, 6.45) is -22.4. The van der Waals surface area contributed by atoms with Crippen molar-refractivity contribution in [1.82, 2.24) is 0 Å². The van der Waals surface area contributed by atoms with Gasteiger partial charge in [0, 0.05) is 7.11 Å². The van der Waals surface area contributed by atoms with Crippen molar-refractivity contribution in [2.45, 2.75) is 99.0 Å². The maximum atomic E-state index is 10.8. The van der Waals surface area contributed by atoms with Gasteiger partial charge in [-0.05, 0) is 6.92 Å². The molecule has 3 rings (SSSR count). The summed E-state index contributed by atoms with van der Waals surface area (Å²) in [5.74, 6) is 0. The molecule has 0 radical (unpaired) electrons. The zero-order valence-corrected chi connectivity index (χ0v) is 18.5. The maximum absolute atomic E-state index is 10.8. The average molecular weight is 502 g/mol. The van der Waals surface area contributed by atoms with E-state index in [1.165, 1.54) is 14.0 Å². The van der Waals surface area contributed by atoms with Crippen LogP contribution >= 0.6 is 0 Å². The van der Waals surface area contributed by atoms with Crippen LogP contribution in [0.3, 0.4) is 0 Å². The number of hydrogen-bond donors (Lipinski definition) is 9. The molecule has 34 heavy (non-hydrogen) atoms. The van der Waals surface area contributed by atoms with Crippen molar-refractivity contribution in [3.05, 3.63) is 0 Å². The molecule has 0 amide bonds. The summed E-state index contributed by atoms with van der Waals surface area (Å²) in [6, 6.07) is 0. The fourth-order valence-corrected chi connectivity index (χ4v) is 4.20. The monoisotopic (exact) mass is 502 g/mol. The molecule has 3 heterocycles. The van der Waals surface area contributed by atoms with Crippen molar-refractivity contribution in [3.63, 3.8) is 0 Å². The Labute approximate surface area is 194 Å². The van der Waals surface area contributed by atoms with Gasteiger partial charge in [0.1, 0.15) is 67.1 Å². The molecule has 3 aliphatic rings. The lowest BCUT2D eigenvalue weighted by Crippen LogP contribution is -2.66. The molecule has 9 N–H and O–H groups in total. The highest BCUT2D eigenvalue weighted by Crippen LogP contribution is 2.33. The number of hydrogen-bond acceptors (Lipinski definition) is 15. The fourth-order valence-electron chi connectivity index (χ4n) is 4.20. The van der Waals surface area contributed by atoms with Gasteiger partial charge in [-0.1, -0.05) is 0 Å². The molecule has 15 nitrogen and oxygen atoms in total. The number of methoxy groups -OCH3 is 1. The quantitative estimate of drug-likeness (QED) is 0.157. The molecule has 200 valence electrons. The van der Waals surface area contributed by atoms with Crippen LogP contribution in [-0.4, -0.2) is 158 Å². The molecule has 3 fully saturated rings. The number of aliphatic hydroxyl groups is 9. The second kappa shape index (κ2) is 11.6. The molecular weight excluding hydrogens is 468 g/mol. The summed E-state index contributed by atoms with van der Waals surface area (Å²) in [4.78, 5) is 0. The lowest BCUT2D eigenvalue weighted by molar-refractivity contribution is -0.382. The molecule has 15 atom stereocenters. The molecule has 0 saturated carbocycles. The van der Waals surface area contributed by atoms with Crippen molar-refractivity contribution in [2.24, 2.45) is 0 Å². The molecular formula is C19H34O15. The Morgan fingerprint density at radius 2 is 1.00 bits per heavy atom. The second-order valence-electron chi connectivity index (χ2n) is 8.53. The molecule has 3 saturated heterocycles. The molecule has 0 spiro atoms. The van der Waals surface area contributed by atoms with Gasteiger partial charge in [0.2, 0.25) is 0 Å². The fraction of sp³-hybridized carbons (Fsp3) is 1.00. The minimum atomic E-state index is -1.78. The van der Waals surface area contributed by atoms with Gasteiger partial charge in [0.15, 0.2) is 18.9 Å². The lowest BCUT2D eigenvalue weighted by Gasteiger charge is -2.48. The first-order valence-corrected chi connectivity index (χ1v) is 10.8. The first-order chi connectivity index (χ1) is 16.0. The van der Waals surface area contributed by atoms with Gasteiger partial charge in [-0.3, -0.25) is 0 Å². The molecule has 0 aliphatic carbocycles. The number of aliphatic hydroxyl groups excluding tert-OH is 9. The Kier molecular flexibility index (Phi) is 9.57. The van der Waals surface area contributed by atoms with Gasteiger partial charge in [0.05, 0.1) is 19.3 Å². The maximum Gasteiger partial charge on any atom is 0.187 e. The van der Waals surface area contributed by atoms with Crippen LogP contribution in [0.5, 0.6) is 0 Å². The van der Waals surface area contributed by atoms with Crippen LogP contribution in [0.15, 0.2) is 0 Å². The zero-order valence-electron chi connectivity index (χ0n) is 18.5. The van der Waals surface area contributed by atoms with E-state index in [0.29, 0.717) is 0 Å². The third-order valence-corrected chi connectivity index (χ3v) is 6.26. The van der Waals surface area contributed by atoms with Gasteiger partial charge in [-0.25, -0.2) is 0 Å². The third kappa shape index (κ3) is 5.39. The molecule has 3 aliphatic heterocycles. The molecule has 0 aromatic rings. The largest absolute Gasteiger partial charge is 0.394 e. The minimum absolute atomic E-state index is 0.694. The summed E-state index contributed by atoms with van der Waals surface area (Å²) >= 11 is 0. The summed E-state index contributed by atoms with van der Waals surface area (Å²) in [6.45, 7) is 0.111. The summed E-state index contributed by atoms with van der Waals surface area (Å²) < 4.78 is 32.8. The SMILES string of the molecule is CO[C@@H]1O[C@@H](C)[C@H](O[C@H]2O[C@H](CO)[C@@H](O)[C@H](O)[C@@H]2O)[C@@H](O[C@H]2O[C@H](CO)[C@@H](O)[C@H](O)[C@@H]2O)[C@H]1O. The van der Waals surface area contributed by atoms with Crippen LogP contribution < -0.4 is 0 Å². The lowest BCUT2D eigenvalue weighted by atomic mass is 9.96. The molecule has 0 aromatic heterocycles. The molecule has 15 heteroatoms. The van der Waals surface area contributed by atoms with Gasteiger partial charge >= 0.3 is 0 Å². The van der Waals surface area contributed by atoms with Gasteiger partial charge in [0.25, 0.3) is 0 Å². The van der Waals surface area contributed by atoms with Gasteiger partial charge < -0.3 is 74.4 Å². The van der Waals surface area contributed by atoms with Crippen LogP contribution in [-0.2, 0) is 28.4 Å². The van der Waals surface area contributed by atoms with E-state index in [2.05, 4.69) is 0 Å². The summed E-state index contributed by atoms with van der Waals surface area (Å²) in [7, 11) is 1.25. The highest BCUT2D eigenvalue weighted by molar-refractivity contribution is 4.96. The predicted octanol–water partition coefficient (Wildman–Crippen LogP) is -5.89. The minimum Gasteiger partial charge on any atom is -0.394 e. The van der Waals surface area contributed by atoms with E-state index in [1.807, 2.05) is 0 Å². The molecule has 0 aromatic carbocycles. The highest BCUT2D eigenvalue weighted by atomic mass is 16.8. The molecule has 0 unspecified atom stereocenters. The topological polar surface area (TPSA) is 237 Å². The Balaban J connectivity index is 1.83. The van der Waals surface area contributed by atoms with Crippen LogP contribution in [0.2, 0.25) is 0 Å². The standard InChI is InChI=1S/C19H34O15/c1-5-15(33-18-12(26)10(24)8(22)6(3-20)31-18)16(14(28)17(29-2)30-5)34-19-13(27)11(25)9(23)7(4-21)32-19/h5-28H,3-4H2,1-2H3/t5-,6+,7+,8+,9+,10-,11-,12-,13-,14+,15-,16-,17+,18+,19+/m0/s1. The summed E-state index contributed by atoms with van der Waals surface area (Å²) in [5.41, 5.74) is 0. The Morgan fingerprint density at radius 3 is 1.41 bits per heavy atom. The van der Waals surface area contributed by atoms with E-state index in [0.717, 1.165) is 0 Å². The summed E-state index contributed by atoms with van der Waals surface area (Å²) in [5, 5.41) is 90.2. The Morgan fingerprint density at radius 1 is 0.559 bits per heavy atom. The van der Waals surface area contributed by atoms with Crippen LogP contribution in [0.4, 0.5) is 0 Å². The van der Waals surface area contributed by atoms with Crippen LogP contribution in [0.1, 0.15) is 6.92 Å². The normalized spacial score (nSPS) is 52.5. The van der Waals surface area contributed by atoms with Crippen LogP contribution in [0, 0.1) is 0 Å². The number of ether oxygens (including phenoxy) is 6. The zero-order chi connectivity index (χ0) is 25.3. The Hall–Kier alpha value is -0.600. The first kappa shape index (κ1) is 28.0. The van der Waals surface area contributed by atoms with E-state index >= 15 is 0 Å². The average Bonchev–Trinajstić information content (AvgIpc) is 2.83. The number of rotatable bonds is 7. The van der Waals surface area contributed by atoms with E-state index in [4.69, 9.17) is 28.4 Å². The van der Waals surface area contributed by atoms with Gasteiger partial charge in [-0.15, -0.1) is 0 Å². The predicted molar refractivity (Wildman–Crippen MR) is 105 cm³/mol. The second-order valence-corrected chi connectivity index (χ2v) is 8.53. The third-order valence-electron chi connectivity index (χ3n) is 6.26. The highest BCUT2D eigenvalue weighted by Gasteiger charge is 2.53.